The maximum Gasteiger partial charge on any atom is 0.291 e. The van der Waals surface area contributed by atoms with Gasteiger partial charge in [-0.25, -0.2) is 0 Å². The van der Waals surface area contributed by atoms with Gasteiger partial charge in [0, 0.05) is 29.5 Å². The summed E-state index contributed by atoms with van der Waals surface area (Å²) in [6, 6.07) is 6.26. The van der Waals surface area contributed by atoms with Gasteiger partial charge in [0.2, 0.25) is 0 Å². The van der Waals surface area contributed by atoms with Crippen molar-refractivity contribution in [3.8, 4) is 5.75 Å². The average Bonchev–Trinajstić information content (AvgIpc) is 3.49. The van der Waals surface area contributed by atoms with Gasteiger partial charge in [-0.1, -0.05) is 34.8 Å². The highest BCUT2D eigenvalue weighted by molar-refractivity contribution is 6.40. The third-order valence-electron chi connectivity index (χ3n) is 4.45. The van der Waals surface area contributed by atoms with E-state index in [0.717, 1.165) is 12.1 Å². The number of aromatic nitrogens is 4. The summed E-state index contributed by atoms with van der Waals surface area (Å²) in [5.41, 5.74) is 1.57. The molecule has 0 aliphatic carbocycles. The standard InChI is InChI=1S/C21H18Cl3N5O3/c1-2-28-9-13(7-25-28)10-29-11-15(8-26-29)27-21(30)19-4-3-16(32-19)12-31-20-17(23)5-14(22)6-18(20)24/h3-9,11H,2,10,12H2,1H3,(H,27,30). The lowest BCUT2D eigenvalue weighted by Crippen LogP contribution is -2.10. The first-order valence-electron chi connectivity index (χ1n) is 9.62. The Bertz CT molecular complexity index is 1220. The Morgan fingerprint density at radius 2 is 1.84 bits per heavy atom. The number of benzene rings is 1. The summed E-state index contributed by atoms with van der Waals surface area (Å²) in [5, 5.41) is 12.2. The second-order valence-electron chi connectivity index (χ2n) is 6.84. The maximum absolute atomic E-state index is 12.5. The molecular weight excluding hydrogens is 477 g/mol. The molecule has 0 saturated carbocycles. The fourth-order valence-corrected chi connectivity index (χ4v) is 3.87. The van der Waals surface area contributed by atoms with E-state index in [1.807, 2.05) is 17.8 Å². The molecule has 0 saturated heterocycles. The van der Waals surface area contributed by atoms with Crippen LogP contribution < -0.4 is 10.1 Å². The van der Waals surface area contributed by atoms with Gasteiger partial charge < -0.3 is 14.5 Å². The number of nitrogens with one attached hydrogen (secondary N) is 1. The molecule has 1 amide bonds. The lowest BCUT2D eigenvalue weighted by atomic mass is 10.3. The van der Waals surface area contributed by atoms with E-state index in [2.05, 4.69) is 15.5 Å². The molecule has 3 heterocycles. The van der Waals surface area contributed by atoms with Crippen LogP contribution in [0, 0.1) is 0 Å². The van der Waals surface area contributed by atoms with Crippen molar-refractivity contribution in [1.82, 2.24) is 19.6 Å². The third-order valence-corrected chi connectivity index (χ3v) is 5.23. The number of aryl methyl sites for hydroxylation is 1. The van der Waals surface area contributed by atoms with Crippen LogP contribution in [-0.2, 0) is 19.7 Å². The molecule has 166 valence electrons. The van der Waals surface area contributed by atoms with Crippen molar-refractivity contribution < 1.29 is 13.9 Å². The third kappa shape index (κ3) is 5.27. The molecule has 0 aliphatic heterocycles. The summed E-state index contributed by atoms with van der Waals surface area (Å²) in [5.74, 6) is 0.448. The molecule has 1 aromatic carbocycles. The average molecular weight is 495 g/mol. The van der Waals surface area contributed by atoms with Crippen molar-refractivity contribution in [2.75, 3.05) is 5.32 Å². The topological polar surface area (TPSA) is 87.1 Å². The molecule has 32 heavy (non-hydrogen) atoms. The molecule has 1 N–H and O–H groups in total. The molecule has 0 radical (unpaired) electrons. The van der Waals surface area contributed by atoms with Crippen LogP contribution >= 0.6 is 34.8 Å². The van der Waals surface area contributed by atoms with Crippen molar-refractivity contribution in [2.45, 2.75) is 26.6 Å². The van der Waals surface area contributed by atoms with Gasteiger partial charge in [-0.15, -0.1) is 0 Å². The lowest BCUT2D eigenvalue weighted by Gasteiger charge is -2.09. The highest BCUT2D eigenvalue weighted by Gasteiger charge is 2.15. The van der Waals surface area contributed by atoms with Crippen LogP contribution in [0.2, 0.25) is 15.1 Å². The number of carbonyl (C=O) groups excluding carboxylic acids is 1. The summed E-state index contributed by atoms with van der Waals surface area (Å²) in [7, 11) is 0. The van der Waals surface area contributed by atoms with Crippen molar-refractivity contribution in [1.29, 1.82) is 0 Å². The zero-order valence-electron chi connectivity index (χ0n) is 16.9. The van der Waals surface area contributed by atoms with E-state index < -0.39 is 5.91 Å². The van der Waals surface area contributed by atoms with Gasteiger partial charge in [-0.05, 0) is 31.2 Å². The van der Waals surface area contributed by atoms with Gasteiger partial charge in [0.1, 0.15) is 12.4 Å². The van der Waals surface area contributed by atoms with Crippen molar-refractivity contribution >= 4 is 46.4 Å². The molecule has 0 atom stereocenters. The van der Waals surface area contributed by atoms with Crippen LogP contribution in [0.3, 0.4) is 0 Å². The van der Waals surface area contributed by atoms with Crippen LogP contribution in [-0.4, -0.2) is 25.5 Å². The Kier molecular flexibility index (Phi) is 6.74. The number of rotatable bonds is 8. The van der Waals surface area contributed by atoms with Gasteiger partial charge in [0.05, 0.1) is 34.7 Å². The minimum atomic E-state index is -0.405. The van der Waals surface area contributed by atoms with Crippen molar-refractivity contribution in [3.63, 3.8) is 0 Å². The number of carbonyl (C=O) groups is 1. The summed E-state index contributed by atoms with van der Waals surface area (Å²) < 4.78 is 14.8. The molecule has 11 heteroatoms. The molecule has 4 aromatic rings. The van der Waals surface area contributed by atoms with Gasteiger partial charge in [0.25, 0.3) is 5.91 Å². The predicted molar refractivity (Wildman–Crippen MR) is 122 cm³/mol. The number of halogens is 3. The smallest absolute Gasteiger partial charge is 0.291 e. The van der Waals surface area contributed by atoms with Gasteiger partial charge in [0.15, 0.2) is 11.5 Å². The minimum Gasteiger partial charge on any atom is -0.483 e. The minimum absolute atomic E-state index is 0.0394. The largest absolute Gasteiger partial charge is 0.483 e. The van der Waals surface area contributed by atoms with Crippen LogP contribution in [0.15, 0.2) is 53.5 Å². The molecule has 0 unspecified atom stereocenters. The SMILES string of the molecule is CCn1cc(Cn2cc(NC(=O)c3ccc(COc4c(Cl)cc(Cl)cc4Cl)o3)cn2)cn1. The fraction of sp³-hybridized carbons (Fsp3) is 0.190. The number of amides is 1. The van der Waals surface area contributed by atoms with Crippen molar-refractivity contribution in [2.24, 2.45) is 0 Å². The number of hydrogen-bond acceptors (Lipinski definition) is 5. The molecule has 0 spiro atoms. The Morgan fingerprint density at radius 3 is 2.56 bits per heavy atom. The number of ether oxygens (including phenoxy) is 1. The second-order valence-corrected chi connectivity index (χ2v) is 8.09. The molecule has 0 bridgehead atoms. The van der Waals surface area contributed by atoms with Gasteiger partial charge in [-0.2, -0.15) is 10.2 Å². The van der Waals surface area contributed by atoms with Gasteiger partial charge in [-0.3, -0.25) is 14.2 Å². The van der Waals surface area contributed by atoms with E-state index >= 15 is 0 Å². The molecule has 0 aliphatic rings. The first-order chi connectivity index (χ1) is 15.4. The van der Waals surface area contributed by atoms with E-state index in [-0.39, 0.29) is 28.2 Å². The Morgan fingerprint density at radius 1 is 1.09 bits per heavy atom. The van der Waals surface area contributed by atoms with E-state index in [1.54, 1.807) is 35.4 Å². The monoisotopic (exact) mass is 493 g/mol. The number of hydrogen-bond donors (Lipinski definition) is 1. The fourth-order valence-electron chi connectivity index (χ4n) is 2.94. The Balaban J connectivity index is 1.34. The summed E-state index contributed by atoms with van der Waals surface area (Å²) >= 11 is 18.1. The van der Waals surface area contributed by atoms with E-state index in [1.165, 1.54) is 12.1 Å². The van der Waals surface area contributed by atoms with Crippen LogP contribution in [0.1, 0.15) is 28.8 Å². The van der Waals surface area contributed by atoms with Crippen LogP contribution in [0.4, 0.5) is 5.69 Å². The van der Waals surface area contributed by atoms with E-state index in [0.29, 0.717) is 23.0 Å². The quantitative estimate of drug-likeness (QED) is 0.348. The summed E-state index contributed by atoms with van der Waals surface area (Å²) in [6.07, 6.45) is 7.05. The summed E-state index contributed by atoms with van der Waals surface area (Å²) in [4.78, 5) is 12.5. The second kappa shape index (κ2) is 9.68. The number of nitrogens with zero attached hydrogens (tertiary/aromatic N) is 4. The molecule has 4 rings (SSSR count). The molecule has 8 nitrogen and oxygen atoms in total. The number of anilines is 1. The normalized spacial score (nSPS) is 11.0. The zero-order valence-corrected chi connectivity index (χ0v) is 19.2. The number of furan rings is 1. The zero-order chi connectivity index (χ0) is 22.7. The first kappa shape index (κ1) is 22.3. The maximum atomic E-state index is 12.5. The Hall–Kier alpha value is -2.94. The van der Waals surface area contributed by atoms with E-state index in [4.69, 9.17) is 44.0 Å². The van der Waals surface area contributed by atoms with Crippen LogP contribution in [0.25, 0.3) is 0 Å². The summed E-state index contributed by atoms with van der Waals surface area (Å²) in [6.45, 7) is 3.41. The molecule has 0 fully saturated rings. The highest BCUT2D eigenvalue weighted by atomic mass is 35.5. The van der Waals surface area contributed by atoms with Crippen LogP contribution in [0.5, 0.6) is 5.75 Å². The molecule has 3 aromatic heterocycles. The predicted octanol–water partition coefficient (Wildman–Crippen LogP) is 5.53. The van der Waals surface area contributed by atoms with E-state index in [9.17, 15) is 4.79 Å². The Labute approximate surface area is 198 Å². The lowest BCUT2D eigenvalue weighted by molar-refractivity contribution is 0.0992. The highest BCUT2D eigenvalue weighted by Crippen LogP contribution is 2.36. The first-order valence-corrected chi connectivity index (χ1v) is 10.8. The van der Waals surface area contributed by atoms with Crippen molar-refractivity contribution in [3.05, 3.63) is 81.2 Å². The molecular formula is C21H18Cl3N5O3. The van der Waals surface area contributed by atoms with Gasteiger partial charge >= 0.3 is 0 Å².